The largest absolute Gasteiger partial charge is 0.381 e. The van der Waals surface area contributed by atoms with Crippen LogP contribution in [0.3, 0.4) is 0 Å². The molecule has 1 aliphatic carbocycles. The van der Waals surface area contributed by atoms with Gasteiger partial charge in [-0.25, -0.2) is 0 Å². The predicted octanol–water partition coefficient (Wildman–Crippen LogP) is 2.02. The van der Waals surface area contributed by atoms with Crippen LogP contribution in [0.5, 0.6) is 0 Å². The lowest BCUT2D eigenvalue weighted by atomic mass is 9.92. The Morgan fingerprint density at radius 1 is 1.12 bits per heavy atom. The monoisotopic (exact) mass is 240 g/mol. The normalized spacial score (nSPS) is 36.0. The highest BCUT2D eigenvalue weighted by molar-refractivity contribution is 4.81. The molecule has 1 heterocycles. The average Bonchev–Trinajstić information content (AvgIpc) is 2.38. The lowest BCUT2D eigenvalue weighted by Gasteiger charge is -2.35. The number of nitrogens with zero attached hydrogens (tertiary/aromatic N) is 1. The number of ether oxygens (including phenoxy) is 1. The minimum absolute atomic E-state index is 0.519. The lowest BCUT2D eigenvalue weighted by molar-refractivity contribution is 0.0610. The van der Waals surface area contributed by atoms with Crippen LogP contribution in [0.15, 0.2) is 0 Å². The van der Waals surface area contributed by atoms with E-state index >= 15 is 0 Å². The Balaban J connectivity index is 1.65. The van der Waals surface area contributed by atoms with Crippen LogP contribution >= 0.6 is 0 Å². The Morgan fingerprint density at radius 2 is 1.88 bits per heavy atom. The fourth-order valence-electron chi connectivity index (χ4n) is 3.21. The predicted molar refractivity (Wildman–Crippen MR) is 71.3 cm³/mol. The fourth-order valence-corrected chi connectivity index (χ4v) is 3.21. The summed E-state index contributed by atoms with van der Waals surface area (Å²) in [7, 11) is 4.11. The standard InChI is InChI=1S/C14H28N2O/c1-16-10-4-3-5-13(16)11-15-12-6-8-14(17-2)9-7-12/h12-15H,3-11H2,1-2H3. The summed E-state index contributed by atoms with van der Waals surface area (Å²) in [6.45, 7) is 2.46. The molecule has 0 bridgehead atoms. The summed E-state index contributed by atoms with van der Waals surface area (Å²) in [5.74, 6) is 0. The molecule has 1 atom stereocenters. The van der Waals surface area contributed by atoms with Crippen molar-refractivity contribution < 1.29 is 4.74 Å². The van der Waals surface area contributed by atoms with Crippen LogP contribution in [0, 0.1) is 0 Å². The Hall–Kier alpha value is -0.120. The van der Waals surface area contributed by atoms with Gasteiger partial charge in [0, 0.05) is 25.7 Å². The molecule has 0 amide bonds. The highest BCUT2D eigenvalue weighted by atomic mass is 16.5. The van der Waals surface area contributed by atoms with E-state index in [-0.39, 0.29) is 0 Å². The number of likely N-dealkylation sites (N-methyl/N-ethyl adjacent to an activating group) is 1. The van der Waals surface area contributed by atoms with Gasteiger partial charge in [-0.15, -0.1) is 0 Å². The number of nitrogens with one attached hydrogen (secondary N) is 1. The first-order chi connectivity index (χ1) is 8.29. The second-order valence-corrected chi connectivity index (χ2v) is 5.75. The molecule has 3 nitrogen and oxygen atoms in total. The molecule has 1 aliphatic heterocycles. The van der Waals surface area contributed by atoms with Crippen LogP contribution < -0.4 is 5.32 Å². The number of rotatable bonds is 4. The molecule has 0 aromatic rings. The molecular weight excluding hydrogens is 212 g/mol. The van der Waals surface area contributed by atoms with Crippen molar-refractivity contribution in [2.75, 3.05) is 27.2 Å². The molecule has 2 rings (SSSR count). The van der Waals surface area contributed by atoms with E-state index in [9.17, 15) is 0 Å². The smallest absolute Gasteiger partial charge is 0.0572 e. The SMILES string of the molecule is COC1CCC(NCC2CCCCN2C)CC1. The number of hydrogen-bond acceptors (Lipinski definition) is 3. The van der Waals surface area contributed by atoms with Gasteiger partial charge in [0.15, 0.2) is 0 Å². The third kappa shape index (κ3) is 3.94. The maximum atomic E-state index is 5.41. The Labute approximate surface area is 106 Å². The van der Waals surface area contributed by atoms with Crippen molar-refractivity contribution in [3.63, 3.8) is 0 Å². The first kappa shape index (κ1) is 13.3. The third-order valence-electron chi connectivity index (χ3n) is 4.57. The zero-order chi connectivity index (χ0) is 12.1. The maximum Gasteiger partial charge on any atom is 0.0572 e. The second kappa shape index (κ2) is 6.72. The van der Waals surface area contributed by atoms with Gasteiger partial charge < -0.3 is 15.0 Å². The van der Waals surface area contributed by atoms with Crippen molar-refractivity contribution in [3.8, 4) is 0 Å². The third-order valence-corrected chi connectivity index (χ3v) is 4.57. The van der Waals surface area contributed by atoms with Gasteiger partial charge >= 0.3 is 0 Å². The molecule has 2 aliphatic rings. The highest BCUT2D eigenvalue weighted by Crippen LogP contribution is 2.21. The van der Waals surface area contributed by atoms with Crippen molar-refractivity contribution in [3.05, 3.63) is 0 Å². The van der Waals surface area contributed by atoms with E-state index < -0.39 is 0 Å². The van der Waals surface area contributed by atoms with Crippen molar-refractivity contribution in [1.82, 2.24) is 10.2 Å². The summed E-state index contributed by atoms with van der Waals surface area (Å²) in [4.78, 5) is 2.53. The Morgan fingerprint density at radius 3 is 2.53 bits per heavy atom. The Kier molecular flexibility index (Phi) is 5.26. The van der Waals surface area contributed by atoms with Crippen LogP contribution in [-0.2, 0) is 4.74 Å². The summed E-state index contributed by atoms with van der Waals surface area (Å²) in [5, 5.41) is 3.77. The molecule has 3 heteroatoms. The van der Waals surface area contributed by atoms with Crippen LogP contribution in [0.4, 0.5) is 0 Å². The summed E-state index contributed by atoms with van der Waals surface area (Å²) >= 11 is 0. The molecule has 2 fully saturated rings. The summed E-state index contributed by atoms with van der Waals surface area (Å²) in [6.07, 6.45) is 9.72. The van der Waals surface area contributed by atoms with E-state index in [1.807, 2.05) is 7.11 Å². The quantitative estimate of drug-likeness (QED) is 0.813. The zero-order valence-corrected chi connectivity index (χ0v) is 11.5. The van der Waals surface area contributed by atoms with Gasteiger partial charge in [0.2, 0.25) is 0 Å². The van der Waals surface area contributed by atoms with Crippen LogP contribution in [-0.4, -0.2) is 50.3 Å². The first-order valence-electron chi connectivity index (χ1n) is 7.26. The van der Waals surface area contributed by atoms with Gasteiger partial charge in [0.25, 0.3) is 0 Å². The van der Waals surface area contributed by atoms with E-state index in [1.165, 1.54) is 58.0 Å². The van der Waals surface area contributed by atoms with Gasteiger partial charge in [-0.05, 0) is 52.1 Å². The van der Waals surface area contributed by atoms with E-state index in [0.29, 0.717) is 6.10 Å². The van der Waals surface area contributed by atoms with Crippen molar-refractivity contribution in [1.29, 1.82) is 0 Å². The van der Waals surface area contributed by atoms with Crippen LogP contribution in [0.2, 0.25) is 0 Å². The zero-order valence-electron chi connectivity index (χ0n) is 11.5. The van der Waals surface area contributed by atoms with Gasteiger partial charge in [0.1, 0.15) is 0 Å². The molecule has 0 spiro atoms. The van der Waals surface area contributed by atoms with Gasteiger partial charge in [-0.3, -0.25) is 0 Å². The van der Waals surface area contributed by atoms with E-state index in [2.05, 4.69) is 17.3 Å². The average molecular weight is 240 g/mol. The topological polar surface area (TPSA) is 24.5 Å². The fraction of sp³-hybridized carbons (Fsp3) is 1.00. The molecular formula is C14H28N2O. The molecule has 1 saturated carbocycles. The first-order valence-corrected chi connectivity index (χ1v) is 7.26. The molecule has 17 heavy (non-hydrogen) atoms. The summed E-state index contributed by atoms with van der Waals surface area (Å²) < 4.78 is 5.41. The van der Waals surface area contributed by atoms with Gasteiger partial charge in [-0.1, -0.05) is 6.42 Å². The summed E-state index contributed by atoms with van der Waals surface area (Å²) in [5.41, 5.74) is 0. The summed E-state index contributed by atoms with van der Waals surface area (Å²) in [6, 6.07) is 1.50. The number of likely N-dealkylation sites (tertiary alicyclic amines) is 1. The highest BCUT2D eigenvalue weighted by Gasteiger charge is 2.23. The molecule has 100 valence electrons. The maximum absolute atomic E-state index is 5.41. The van der Waals surface area contributed by atoms with E-state index in [4.69, 9.17) is 4.74 Å². The number of piperidine rings is 1. The van der Waals surface area contributed by atoms with Crippen LogP contribution in [0.25, 0.3) is 0 Å². The minimum Gasteiger partial charge on any atom is -0.381 e. The van der Waals surface area contributed by atoms with Gasteiger partial charge in [0.05, 0.1) is 6.10 Å². The van der Waals surface area contributed by atoms with Crippen molar-refractivity contribution >= 4 is 0 Å². The van der Waals surface area contributed by atoms with E-state index in [1.54, 1.807) is 0 Å². The molecule has 0 aromatic heterocycles. The molecule has 1 saturated heterocycles. The number of methoxy groups -OCH3 is 1. The second-order valence-electron chi connectivity index (χ2n) is 5.75. The van der Waals surface area contributed by atoms with E-state index in [0.717, 1.165) is 12.1 Å². The molecule has 0 radical (unpaired) electrons. The van der Waals surface area contributed by atoms with Crippen molar-refractivity contribution in [2.45, 2.75) is 63.1 Å². The molecule has 0 aromatic carbocycles. The lowest BCUT2D eigenvalue weighted by Crippen LogP contribution is -2.46. The molecule has 1 unspecified atom stereocenters. The van der Waals surface area contributed by atoms with Crippen LogP contribution in [0.1, 0.15) is 44.9 Å². The van der Waals surface area contributed by atoms with Crippen molar-refractivity contribution in [2.24, 2.45) is 0 Å². The Bertz CT molecular complexity index is 214. The molecule has 1 N–H and O–H groups in total. The minimum atomic E-state index is 0.519. The van der Waals surface area contributed by atoms with Gasteiger partial charge in [-0.2, -0.15) is 0 Å². The number of hydrogen-bond donors (Lipinski definition) is 1.